The number of rotatable bonds is 5. The van der Waals surface area contributed by atoms with Gasteiger partial charge in [0, 0.05) is 19.7 Å². The second kappa shape index (κ2) is 8.45. The average molecular weight is 406 g/mol. The molecule has 0 bridgehead atoms. The minimum absolute atomic E-state index is 0.0180. The predicted octanol–water partition coefficient (Wildman–Crippen LogP) is 2.90. The fourth-order valence-corrected chi connectivity index (χ4v) is 4.20. The van der Waals surface area contributed by atoms with Crippen LogP contribution in [0, 0.1) is 5.92 Å². The van der Waals surface area contributed by atoms with Crippen molar-refractivity contribution in [2.24, 2.45) is 5.92 Å². The van der Waals surface area contributed by atoms with Crippen LogP contribution in [0.15, 0.2) is 48.5 Å². The Kier molecular flexibility index (Phi) is 5.38. The molecule has 0 spiro atoms. The summed E-state index contributed by atoms with van der Waals surface area (Å²) in [5, 5.41) is 8.93. The minimum atomic E-state index is -0.116. The van der Waals surface area contributed by atoms with Crippen molar-refractivity contribution in [3.63, 3.8) is 0 Å². The molecule has 156 valence electrons. The molecule has 2 saturated heterocycles. The lowest BCUT2D eigenvalue weighted by atomic mass is 10.1. The van der Waals surface area contributed by atoms with E-state index in [1.165, 1.54) is 5.56 Å². The van der Waals surface area contributed by atoms with Gasteiger partial charge in [0.1, 0.15) is 0 Å². The van der Waals surface area contributed by atoms with Gasteiger partial charge in [-0.2, -0.15) is 5.10 Å². The number of aromatic nitrogens is 2. The number of morpholine rings is 1. The predicted molar refractivity (Wildman–Crippen MR) is 116 cm³/mol. The lowest BCUT2D eigenvalue weighted by Crippen LogP contribution is -2.36. The molecule has 2 aliphatic rings. The van der Waals surface area contributed by atoms with Crippen LogP contribution in [0.5, 0.6) is 0 Å². The van der Waals surface area contributed by atoms with Crippen molar-refractivity contribution < 1.29 is 14.3 Å². The Balaban J connectivity index is 1.56. The monoisotopic (exact) mass is 406 g/mol. The number of anilines is 2. The molecule has 3 aromatic rings. The fraction of sp³-hybridized carbons (Fsp3) is 0.391. The van der Waals surface area contributed by atoms with Gasteiger partial charge in [-0.15, -0.1) is 0 Å². The third-order valence-corrected chi connectivity index (χ3v) is 5.83. The van der Waals surface area contributed by atoms with E-state index in [1.807, 2.05) is 22.9 Å². The zero-order valence-electron chi connectivity index (χ0n) is 16.9. The molecule has 7 heteroatoms. The van der Waals surface area contributed by atoms with Gasteiger partial charge in [-0.3, -0.25) is 9.48 Å². The third kappa shape index (κ3) is 3.78. The summed E-state index contributed by atoms with van der Waals surface area (Å²) in [6, 6.07) is 16.5. The van der Waals surface area contributed by atoms with Crippen molar-refractivity contribution in [3.8, 4) is 0 Å². The summed E-state index contributed by atoms with van der Waals surface area (Å²) >= 11 is 0. The van der Waals surface area contributed by atoms with E-state index in [-0.39, 0.29) is 11.8 Å². The van der Waals surface area contributed by atoms with Gasteiger partial charge in [0.15, 0.2) is 5.82 Å². The molecule has 1 atom stereocenters. The molecule has 30 heavy (non-hydrogen) atoms. The number of hydrogen-bond donors (Lipinski definition) is 1. The highest BCUT2D eigenvalue weighted by molar-refractivity contribution is 6.06. The number of fused-ring (bicyclic) bond motifs is 1. The van der Waals surface area contributed by atoms with Crippen LogP contribution in [-0.4, -0.2) is 55.2 Å². The first kappa shape index (κ1) is 19.1. The van der Waals surface area contributed by atoms with E-state index in [2.05, 4.69) is 40.5 Å². The quantitative estimate of drug-likeness (QED) is 0.706. The minimum Gasteiger partial charge on any atom is -0.381 e. The van der Waals surface area contributed by atoms with Crippen molar-refractivity contribution in [1.82, 2.24) is 9.78 Å². The molecule has 1 N–H and O–H groups in total. The maximum atomic E-state index is 12.8. The lowest BCUT2D eigenvalue weighted by Gasteiger charge is -2.29. The zero-order valence-corrected chi connectivity index (χ0v) is 16.9. The highest BCUT2D eigenvalue weighted by Gasteiger charge is 2.26. The smallest absolute Gasteiger partial charge is 0.231 e. The largest absolute Gasteiger partial charge is 0.381 e. The Bertz CT molecular complexity index is 1020. The highest BCUT2D eigenvalue weighted by atomic mass is 16.5. The summed E-state index contributed by atoms with van der Waals surface area (Å²) in [4.78, 5) is 15.2. The first-order valence-electron chi connectivity index (χ1n) is 10.5. The van der Waals surface area contributed by atoms with E-state index in [0.29, 0.717) is 38.8 Å². The molecule has 1 unspecified atom stereocenters. The molecule has 3 heterocycles. The summed E-state index contributed by atoms with van der Waals surface area (Å²) in [6.45, 7) is 4.82. The van der Waals surface area contributed by atoms with Crippen LogP contribution >= 0.6 is 0 Å². The molecule has 1 aromatic heterocycles. The molecule has 0 aliphatic carbocycles. The molecule has 2 aromatic carbocycles. The summed E-state index contributed by atoms with van der Waals surface area (Å²) in [6.07, 6.45) is 0.755. The second-order valence-electron chi connectivity index (χ2n) is 7.81. The normalized spacial score (nSPS) is 19.3. The van der Waals surface area contributed by atoms with Crippen LogP contribution in [0.2, 0.25) is 0 Å². The summed E-state index contributed by atoms with van der Waals surface area (Å²) in [5.41, 5.74) is 3.27. The van der Waals surface area contributed by atoms with E-state index in [1.54, 1.807) is 0 Å². The fourth-order valence-electron chi connectivity index (χ4n) is 4.20. The third-order valence-electron chi connectivity index (χ3n) is 5.83. The van der Waals surface area contributed by atoms with Crippen molar-refractivity contribution in [3.05, 3.63) is 54.1 Å². The van der Waals surface area contributed by atoms with Crippen LogP contribution in [0.3, 0.4) is 0 Å². The first-order valence-corrected chi connectivity index (χ1v) is 10.5. The number of ether oxygens (including phenoxy) is 2. The van der Waals surface area contributed by atoms with Crippen molar-refractivity contribution in [2.75, 3.05) is 49.7 Å². The molecule has 7 nitrogen and oxygen atoms in total. The van der Waals surface area contributed by atoms with Crippen LogP contribution in [0.1, 0.15) is 12.0 Å². The Hall–Kier alpha value is -2.90. The van der Waals surface area contributed by atoms with Crippen LogP contribution in [0.4, 0.5) is 11.5 Å². The molecule has 2 aliphatic heterocycles. The van der Waals surface area contributed by atoms with E-state index in [9.17, 15) is 4.79 Å². The Morgan fingerprint density at radius 3 is 2.63 bits per heavy atom. The average Bonchev–Trinajstić information content (AvgIpc) is 3.44. The number of hydrogen-bond acceptors (Lipinski definition) is 5. The maximum Gasteiger partial charge on any atom is 0.231 e. The first-order chi connectivity index (χ1) is 14.8. The van der Waals surface area contributed by atoms with E-state index in [4.69, 9.17) is 14.6 Å². The van der Waals surface area contributed by atoms with Gasteiger partial charge in [-0.1, -0.05) is 36.4 Å². The molecular weight excluding hydrogens is 380 g/mol. The lowest BCUT2D eigenvalue weighted by molar-refractivity contribution is -0.119. The van der Waals surface area contributed by atoms with E-state index in [0.717, 1.165) is 36.1 Å². The number of amides is 1. The van der Waals surface area contributed by atoms with Gasteiger partial charge in [-0.25, -0.2) is 0 Å². The molecule has 0 radical (unpaired) electrons. The van der Waals surface area contributed by atoms with Crippen LogP contribution in [0.25, 0.3) is 10.9 Å². The molecule has 1 amide bonds. The number of carbonyl (C=O) groups is 1. The van der Waals surface area contributed by atoms with Gasteiger partial charge < -0.3 is 19.7 Å². The Morgan fingerprint density at radius 2 is 1.87 bits per heavy atom. The Labute approximate surface area is 175 Å². The summed E-state index contributed by atoms with van der Waals surface area (Å²) < 4.78 is 12.9. The standard InChI is InChI=1S/C23H26N4O3/c28-23(18-9-12-30-16-18)24-22-21-19(26-10-13-29-14-11-26)7-4-8-20(21)27(25-22)15-17-5-2-1-3-6-17/h1-8,18H,9-16H2,(H,24,25,28). The number of nitrogens with one attached hydrogen (secondary N) is 1. The molecule has 5 rings (SSSR count). The van der Waals surface area contributed by atoms with Crippen LogP contribution < -0.4 is 10.2 Å². The number of carbonyl (C=O) groups excluding carboxylic acids is 1. The van der Waals surface area contributed by atoms with Gasteiger partial charge in [0.2, 0.25) is 5.91 Å². The second-order valence-corrected chi connectivity index (χ2v) is 7.81. The van der Waals surface area contributed by atoms with Gasteiger partial charge in [0.05, 0.1) is 48.9 Å². The van der Waals surface area contributed by atoms with E-state index >= 15 is 0 Å². The van der Waals surface area contributed by atoms with Gasteiger partial charge in [0.25, 0.3) is 0 Å². The van der Waals surface area contributed by atoms with Crippen molar-refractivity contribution in [2.45, 2.75) is 13.0 Å². The van der Waals surface area contributed by atoms with Crippen molar-refractivity contribution in [1.29, 1.82) is 0 Å². The Morgan fingerprint density at radius 1 is 1.03 bits per heavy atom. The molecule has 2 fully saturated rings. The number of nitrogens with zero attached hydrogens (tertiary/aromatic N) is 3. The van der Waals surface area contributed by atoms with Crippen LogP contribution in [-0.2, 0) is 20.8 Å². The van der Waals surface area contributed by atoms with Gasteiger partial charge >= 0.3 is 0 Å². The number of benzene rings is 2. The summed E-state index contributed by atoms with van der Waals surface area (Å²) in [5.74, 6) is 0.491. The molecule has 0 saturated carbocycles. The molecular formula is C23H26N4O3. The maximum absolute atomic E-state index is 12.8. The zero-order chi connectivity index (χ0) is 20.3. The van der Waals surface area contributed by atoms with Gasteiger partial charge in [-0.05, 0) is 24.1 Å². The van der Waals surface area contributed by atoms with Crippen molar-refractivity contribution >= 4 is 28.3 Å². The summed E-state index contributed by atoms with van der Waals surface area (Å²) in [7, 11) is 0. The SMILES string of the molecule is O=C(Nc1nn(Cc2ccccc2)c2cccc(N3CCOCC3)c12)C1CCOC1. The van der Waals surface area contributed by atoms with E-state index < -0.39 is 0 Å². The highest BCUT2D eigenvalue weighted by Crippen LogP contribution is 2.34. The topological polar surface area (TPSA) is 68.6 Å².